The third-order valence-electron chi connectivity index (χ3n) is 7.48. The van der Waals surface area contributed by atoms with Crippen molar-refractivity contribution in [1.29, 1.82) is 0 Å². The van der Waals surface area contributed by atoms with Crippen LogP contribution in [-0.4, -0.2) is 58.8 Å². The molecular formula is C22H27F3N4O3S. The van der Waals surface area contributed by atoms with E-state index in [1.165, 1.54) is 16.6 Å². The maximum atomic E-state index is 13.5. The Morgan fingerprint density at radius 3 is 2.48 bits per heavy atom. The number of sulfonamides is 1. The van der Waals surface area contributed by atoms with Crippen LogP contribution in [0.15, 0.2) is 24.3 Å². The van der Waals surface area contributed by atoms with Crippen molar-refractivity contribution in [2.75, 3.05) is 25.9 Å². The molecule has 1 aromatic carbocycles. The van der Waals surface area contributed by atoms with Gasteiger partial charge in [0.05, 0.1) is 24.1 Å². The molecule has 1 aliphatic carbocycles. The van der Waals surface area contributed by atoms with Crippen LogP contribution in [-0.2, 0) is 29.2 Å². The number of rotatable bonds is 4. The summed E-state index contributed by atoms with van der Waals surface area (Å²) in [6.45, 7) is 1.76. The number of fused-ring (bicyclic) bond motifs is 2. The molecule has 1 saturated heterocycles. The SMILES string of the molecule is CS(=O)(=O)N1CCc2c(C(O)N3C[C@H]4C[C@@H](c5ccccc5C(F)(F)F)C[C@H]4C3)n[nH]c2C1. The van der Waals surface area contributed by atoms with Crippen LogP contribution < -0.4 is 0 Å². The highest BCUT2D eigenvalue weighted by Crippen LogP contribution is 2.50. The van der Waals surface area contributed by atoms with Crippen molar-refractivity contribution in [3.8, 4) is 0 Å². The molecule has 0 radical (unpaired) electrons. The van der Waals surface area contributed by atoms with Crippen LogP contribution in [0, 0.1) is 11.8 Å². The number of nitrogens with one attached hydrogen (secondary N) is 1. The maximum absolute atomic E-state index is 13.5. The van der Waals surface area contributed by atoms with Gasteiger partial charge in [0, 0.05) is 25.2 Å². The third-order valence-corrected chi connectivity index (χ3v) is 8.72. The van der Waals surface area contributed by atoms with E-state index in [0.29, 0.717) is 55.8 Å². The number of H-pyrrole nitrogens is 1. The highest BCUT2D eigenvalue weighted by atomic mass is 32.2. The van der Waals surface area contributed by atoms with Gasteiger partial charge in [-0.25, -0.2) is 8.42 Å². The molecule has 2 aromatic rings. The number of aliphatic hydroxyl groups excluding tert-OH is 1. The fourth-order valence-electron chi connectivity index (χ4n) is 5.89. The predicted molar refractivity (Wildman–Crippen MR) is 114 cm³/mol. The van der Waals surface area contributed by atoms with Crippen LogP contribution in [0.4, 0.5) is 13.2 Å². The van der Waals surface area contributed by atoms with Crippen LogP contribution in [0.25, 0.3) is 0 Å². The number of halogens is 3. The summed E-state index contributed by atoms with van der Waals surface area (Å²) in [6, 6.07) is 5.85. The average Bonchev–Trinajstić information content (AvgIpc) is 3.44. The number of hydrogen-bond acceptors (Lipinski definition) is 5. The smallest absolute Gasteiger partial charge is 0.372 e. The lowest BCUT2D eigenvalue weighted by molar-refractivity contribution is -0.138. The van der Waals surface area contributed by atoms with Crippen molar-refractivity contribution < 1.29 is 26.7 Å². The summed E-state index contributed by atoms with van der Waals surface area (Å²) < 4.78 is 65.4. The normalized spacial score (nSPS) is 27.5. The Balaban J connectivity index is 1.27. The molecule has 0 amide bonds. The van der Waals surface area contributed by atoms with E-state index in [2.05, 4.69) is 10.2 Å². The Hall–Kier alpha value is -1.95. The van der Waals surface area contributed by atoms with Gasteiger partial charge in [0.1, 0.15) is 5.69 Å². The van der Waals surface area contributed by atoms with Gasteiger partial charge in [-0.15, -0.1) is 0 Å². The second kappa shape index (κ2) is 8.07. The lowest BCUT2D eigenvalue weighted by Gasteiger charge is -2.27. The number of benzene rings is 1. The number of aromatic amines is 1. The molecule has 5 rings (SSSR count). The summed E-state index contributed by atoms with van der Waals surface area (Å²) in [4.78, 5) is 1.95. The monoisotopic (exact) mass is 484 g/mol. The van der Waals surface area contributed by atoms with Gasteiger partial charge in [0.2, 0.25) is 10.0 Å². The third kappa shape index (κ3) is 4.20. The quantitative estimate of drug-likeness (QED) is 0.697. The zero-order valence-electron chi connectivity index (χ0n) is 18.2. The first-order valence-corrected chi connectivity index (χ1v) is 13.0. The van der Waals surface area contributed by atoms with E-state index < -0.39 is 28.0 Å². The number of likely N-dealkylation sites (tertiary alicyclic amines) is 1. The van der Waals surface area contributed by atoms with E-state index in [-0.39, 0.29) is 24.3 Å². The van der Waals surface area contributed by atoms with Gasteiger partial charge in [-0.05, 0) is 48.6 Å². The van der Waals surface area contributed by atoms with Gasteiger partial charge in [0.15, 0.2) is 6.23 Å². The highest BCUT2D eigenvalue weighted by molar-refractivity contribution is 7.88. The molecule has 3 aliphatic rings. The van der Waals surface area contributed by atoms with Crippen LogP contribution in [0.3, 0.4) is 0 Å². The van der Waals surface area contributed by atoms with Gasteiger partial charge in [-0.3, -0.25) is 10.00 Å². The van der Waals surface area contributed by atoms with Crippen molar-refractivity contribution >= 4 is 10.0 Å². The number of aromatic nitrogens is 2. The van der Waals surface area contributed by atoms with Crippen LogP contribution in [0.2, 0.25) is 0 Å². The summed E-state index contributed by atoms with van der Waals surface area (Å²) in [5.41, 5.74) is 1.92. The molecule has 11 heteroatoms. The van der Waals surface area contributed by atoms with E-state index in [1.54, 1.807) is 12.1 Å². The molecule has 33 heavy (non-hydrogen) atoms. The number of hydrogen-bond donors (Lipinski definition) is 2. The van der Waals surface area contributed by atoms with E-state index in [1.807, 2.05) is 4.90 Å². The molecule has 2 N–H and O–H groups in total. The fraction of sp³-hybridized carbons (Fsp3) is 0.591. The Labute approximate surface area is 190 Å². The first kappa shape index (κ1) is 22.8. The second-order valence-corrected chi connectivity index (χ2v) is 11.5. The fourth-order valence-corrected chi connectivity index (χ4v) is 6.68. The zero-order valence-corrected chi connectivity index (χ0v) is 19.0. The molecule has 180 valence electrons. The lowest BCUT2D eigenvalue weighted by atomic mass is 9.91. The van der Waals surface area contributed by atoms with Crippen molar-refractivity contribution in [1.82, 2.24) is 19.4 Å². The van der Waals surface area contributed by atoms with Crippen LogP contribution >= 0.6 is 0 Å². The Morgan fingerprint density at radius 1 is 1.18 bits per heavy atom. The zero-order chi connectivity index (χ0) is 23.5. The molecule has 3 heterocycles. The standard InChI is InChI=1S/C22H27F3N4O3S/c1-33(31,32)29-7-6-17-19(12-29)26-27-20(17)21(30)28-10-14-8-13(9-15(14)11-28)16-4-2-3-5-18(16)22(23,24)25/h2-5,13-15,21,30H,6-12H2,1H3,(H,26,27)/t13-,14-,15+,21?. The van der Waals surface area contributed by atoms with E-state index in [9.17, 15) is 26.7 Å². The molecule has 7 nitrogen and oxygen atoms in total. The first-order valence-electron chi connectivity index (χ1n) is 11.1. The Kier molecular flexibility index (Phi) is 5.58. The molecule has 2 aliphatic heterocycles. The predicted octanol–water partition coefficient (Wildman–Crippen LogP) is 2.86. The average molecular weight is 485 g/mol. The minimum atomic E-state index is -4.36. The van der Waals surface area contributed by atoms with E-state index >= 15 is 0 Å². The van der Waals surface area contributed by atoms with Crippen molar-refractivity contribution in [2.45, 2.75) is 44.1 Å². The van der Waals surface area contributed by atoms with E-state index in [4.69, 9.17) is 0 Å². The van der Waals surface area contributed by atoms with Crippen LogP contribution in [0.1, 0.15) is 53.1 Å². The Bertz CT molecular complexity index is 1140. The topological polar surface area (TPSA) is 89.5 Å². The number of alkyl halides is 3. The molecule has 1 unspecified atom stereocenters. The summed E-state index contributed by atoms with van der Waals surface area (Å²) in [6.07, 6.45) is -2.29. The summed E-state index contributed by atoms with van der Waals surface area (Å²) in [5.74, 6) is 0.320. The molecule has 1 saturated carbocycles. The van der Waals surface area contributed by atoms with Crippen molar-refractivity contribution in [3.63, 3.8) is 0 Å². The molecule has 4 atom stereocenters. The van der Waals surface area contributed by atoms with Gasteiger partial charge in [-0.2, -0.15) is 22.6 Å². The molecule has 1 aromatic heterocycles. The summed E-state index contributed by atoms with van der Waals surface area (Å²) >= 11 is 0. The molecule has 0 spiro atoms. The van der Waals surface area contributed by atoms with Crippen molar-refractivity contribution in [3.05, 3.63) is 52.3 Å². The molecular weight excluding hydrogens is 457 g/mol. The number of aliphatic hydroxyl groups is 1. The minimum Gasteiger partial charge on any atom is -0.372 e. The van der Waals surface area contributed by atoms with Gasteiger partial charge >= 0.3 is 6.18 Å². The Morgan fingerprint density at radius 2 is 1.85 bits per heavy atom. The van der Waals surface area contributed by atoms with Gasteiger partial charge in [0.25, 0.3) is 0 Å². The molecule has 0 bridgehead atoms. The van der Waals surface area contributed by atoms with Gasteiger partial charge < -0.3 is 5.11 Å². The van der Waals surface area contributed by atoms with Crippen LogP contribution in [0.5, 0.6) is 0 Å². The summed E-state index contributed by atoms with van der Waals surface area (Å²) in [5, 5.41) is 18.2. The maximum Gasteiger partial charge on any atom is 0.416 e. The van der Waals surface area contributed by atoms with Crippen molar-refractivity contribution in [2.24, 2.45) is 11.8 Å². The molecule has 2 fully saturated rings. The first-order chi connectivity index (χ1) is 15.5. The minimum absolute atomic E-state index is 0.128. The van der Waals surface area contributed by atoms with Gasteiger partial charge in [-0.1, -0.05) is 18.2 Å². The number of nitrogens with zero attached hydrogens (tertiary/aromatic N) is 3. The lowest BCUT2D eigenvalue weighted by Crippen LogP contribution is -2.36. The van der Waals surface area contributed by atoms with E-state index in [0.717, 1.165) is 11.6 Å². The largest absolute Gasteiger partial charge is 0.416 e. The second-order valence-electron chi connectivity index (χ2n) is 9.51. The summed E-state index contributed by atoms with van der Waals surface area (Å²) in [7, 11) is -3.30. The highest BCUT2D eigenvalue weighted by Gasteiger charge is 2.46.